The number of rotatable bonds is 1. The van der Waals surface area contributed by atoms with Gasteiger partial charge in [-0.2, -0.15) is 0 Å². The molecule has 0 bridgehead atoms. The Hall–Kier alpha value is -2.95. The van der Waals surface area contributed by atoms with E-state index < -0.39 is 0 Å². The Morgan fingerprint density at radius 1 is 1.26 bits per heavy atom. The van der Waals surface area contributed by atoms with E-state index in [1.54, 1.807) is 17.0 Å². The maximum absolute atomic E-state index is 12.3. The van der Waals surface area contributed by atoms with Gasteiger partial charge in [-0.25, -0.2) is 0 Å². The molecular weight excluding hydrogens is 292 g/mol. The van der Waals surface area contributed by atoms with Crippen molar-refractivity contribution < 1.29 is 14.3 Å². The molecule has 5 nitrogen and oxygen atoms in total. The molecule has 3 aromatic rings. The summed E-state index contributed by atoms with van der Waals surface area (Å²) in [6.07, 6.45) is 3.61. The van der Waals surface area contributed by atoms with Crippen molar-refractivity contribution in [2.24, 2.45) is 0 Å². The van der Waals surface area contributed by atoms with E-state index in [0.29, 0.717) is 5.75 Å². The zero-order chi connectivity index (χ0) is 16.0. The predicted molar refractivity (Wildman–Crippen MR) is 84.6 cm³/mol. The van der Waals surface area contributed by atoms with E-state index in [1.165, 1.54) is 6.92 Å². The van der Waals surface area contributed by atoms with Crippen molar-refractivity contribution in [3.05, 3.63) is 60.0 Å². The number of nitrogens with zero attached hydrogens (tertiary/aromatic N) is 2. The highest BCUT2D eigenvalue weighted by Crippen LogP contribution is 2.44. The first-order chi connectivity index (χ1) is 11.2. The number of ether oxygens (including phenoxy) is 1. The Morgan fingerprint density at radius 3 is 2.83 bits per heavy atom. The van der Waals surface area contributed by atoms with Gasteiger partial charge in [-0.1, -0.05) is 18.2 Å². The fourth-order valence-electron chi connectivity index (χ4n) is 3.27. The topological polar surface area (TPSA) is 61.2 Å². The lowest BCUT2D eigenvalue weighted by atomic mass is 9.91. The van der Waals surface area contributed by atoms with Crippen LogP contribution >= 0.6 is 0 Å². The molecule has 1 aliphatic rings. The Balaban J connectivity index is 2.06. The molecule has 23 heavy (non-hydrogen) atoms. The van der Waals surface area contributed by atoms with Gasteiger partial charge in [0.05, 0.1) is 17.6 Å². The summed E-state index contributed by atoms with van der Waals surface area (Å²) in [6.45, 7) is 1.52. The summed E-state index contributed by atoms with van der Waals surface area (Å²) in [7, 11) is 0. The van der Waals surface area contributed by atoms with Crippen LogP contribution in [0.1, 0.15) is 35.3 Å². The second-order valence-corrected chi connectivity index (χ2v) is 5.60. The summed E-state index contributed by atoms with van der Waals surface area (Å²) in [5, 5.41) is 0.777. The molecule has 1 aromatic carbocycles. The summed E-state index contributed by atoms with van der Waals surface area (Å²) in [5.74, 6) is -0.149. The molecule has 0 radical (unpaired) electrons. The number of pyridine rings is 1. The number of hydrogen-bond acceptors (Lipinski definition) is 4. The highest BCUT2D eigenvalue weighted by molar-refractivity contribution is 6.00. The molecule has 2 aromatic heterocycles. The van der Waals surface area contributed by atoms with Crippen molar-refractivity contribution in [3.63, 3.8) is 0 Å². The Labute approximate surface area is 132 Å². The highest BCUT2D eigenvalue weighted by atomic mass is 16.5. The van der Waals surface area contributed by atoms with Gasteiger partial charge in [0.1, 0.15) is 0 Å². The molecule has 3 heterocycles. The SMILES string of the molecule is CC(=O)n1c2c(c3ccccc31)OC(=O)CC2c1cccnc1. The highest BCUT2D eigenvalue weighted by Gasteiger charge is 2.35. The minimum Gasteiger partial charge on any atom is -0.424 e. The zero-order valence-corrected chi connectivity index (χ0v) is 12.5. The Morgan fingerprint density at radius 2 is 2.09 bits per heavy atom. The lowest BCUT2D eigenvalue weighted by molar-refractivity contribution is -0.135. The van der Waals surface area contributed by atoms with Gasteiger partial charge in [0, 0.05) is 30.6 Å². The number of hydrogen-bond donors (Lipinski definition) is 0. The Kier molecular flexibility index (Phi) is 3.01. The number of fused-ring (bicyclic) bond motifs is 3. The third kappa shape index (κ3) is 2.04. The van der Waals surface area contributed by atoms with Crippen LogP contribution in [0.25, 0.3) is 10.9 Å². The Bertz CT molecular complexity index is 928. The summed E-state index contributed by atoms with van der Waals surface area (Å²) in [6, 6.07) is 11.2. The minimum absolute atomic E-state index is 0.103. The van der Waals surface area contributed by atoms with Gasteiger partial charge in [0.25, 0.3) is 0 Å². The van der Waals surface area contributed by atoms with Crippen LogP contribution in [0.2, 0.25) is 0 Å². The van der Waals surface area contributed by atoms with Gasteiger partial charge >= 0.3 is 5.97 Å². The number of aromatic nitrogens is 2. The van der Waals surface area contributed by atoms with E-state index in [9.17, 15) is 9.59 Å². The van der Waals surface area contributed by atoms with Gasteiger partial charge in [-0.05, 0) is 23.8 Å². The van der Waals surface area contributed by atoms with Gasteiger partial charge in [-0.3, -0.25) is 19.1 Å². The smallest absolute Gasteiger partial charge is 0.312 e. The molecule has 4 rings (SSSR count). The molecule has 0 saturated heterocycles. The lowest BCUT2D eigenvalue weighted by Gasteiger charge is -2.23. The molecule has 0 fully saturated rings. The van der Waals surface area contributed by atoms with Crippen LogP contribution in [0.4, 0.5) is 0 Å². The summed E-state index contributed by atoms with van der Waals surface area (Å²) < 4.78 is 7.14. The van der Waals surface area contributed by atoms with E-state index in [4.69, 9.17) is 4.74 Å². The predicted octanol–water partition coefficient (Wildman–Crippen LogP) is 3.14. The zero-order valence-electron chi connectivity index (χ0n) is 12.5. The van der Waals surface area contributed by atoms with Crippen LogP contribution in [-0.4, -0.2) is 21.4 Å². The lowest BCUT2D eigenvalue weighted by Crippen LogP contribution is -2.24. The molecule has 1 unspecified atom stereocenters. The van der Waals surface area contributed by atoms with E-state index in [0.717, 1.165) is 22.2 Å². The van der Waals surface area contributed by atoms with E-state index >= 15 is 0 Å². The maximum Gasteiger partial charge on any atom is 0.312 e. The first-order valence-corrected chi connectivity index (χ1v) is 7.41. The largest absolute Gasteiger partial charge is 0.424 e. The quantitative estimate of drug-likeness (QED) is 0.648. The third-order valence-electron chi connectivity index (χ3n) is 4.18. The first kappa shape index (κ1) is 13.7. The number of benzene rings is 1. The summed E-state index contributed by atoms with van der Waals surface area (Å²) >= 11 is 0. The molecule has 1 aliphatic heterocycles. The van der Waals surface area contributed by atoms with Crippen LogP contribution in [-0.2, 0) is 4.79 Å². The van der Waals surface area contributed by atoms with Crippen LogP contribution < -0.4 is 4.74 Å². The number of carbonyl (C=O) groups is 2. The molecule has 5 heteroatoms. The van der Waals surface area contributed by atoms with E-state index in [1.807, 2.05) is 36.4 Å². The van der Waals surface area contributed by atoms with E-state index in [-0.39, 0.29) is 24.2 Å². The van der Waals surface area contributed by atoms with Gasteiger partial charge in [0.15, 0.2) is 5.75 Å². The number of para-hydroxylation sites is 1. The molecule has 0 aliphatic carbocycles. The van der Waals surface area contributed by atoms with Gasteiger partial charge in [0.2, 0.25) is 5.91 Å². The van der Waals surface area contributed by atoms with Crippen molar-refractivity contribution in [1.82, 2.24) is 9.55 Å². The van der Waals surface area contributed by atoms with Crippen LogP contribution in [0.3, 0.4) is 0 Å². The average molecular weight is 306 g/mol. The van der Waals surface area contributed by atoms with Crippen molar-refractivity contribution in [3.8, 4) is 5.75 Å². The molecule has 1 atom stereocenters. The molecular formula is C18H14N2O3. The monoisotopic (exact) mass is 306 g/mol. The van der Waals surface area contributed by atoms with Crippen molar-refractivity contribution >= 4 is 22.8 Å². The van der Waals surface area contributed by atoms with Crippen LogP contribution in [0.5, 0.6) is 5.75 Å². The van der Waals surface area contributed by atoms with Crippen molar-refractivity contribution in [2.45, 2.75) is 19.3 Å². The molecule has 0 amide bonds. The van der Waals surface area contributed by atoms with Gasteiger partial charge < -0.3 is 4.74 Å². The molecule has 0 N–H and O–H groups in total. The first-order valence-electron chi connectivity index (χ1n) is 7.41. The van der Waals surface area contributed by atoms with Crippen molar-refractivity contribution in [1.29, 1.82) is 0 Å². The second-order valence-electron chi connectivity index (χ2n) is 5.60. The maximum atomic E-state index is 12.3. The van der Waals surface area contributed by atoms with Gasteiger partial charge in [-0.15, -0.1) is 0 Å². The number of carbonyl (C=O) groups excluding carboxylic acids is 2. The molecule has 114 valence electrons. The van der Waals surface area contributed by atoms with E-state index in [2.05, 4.69) is 4.98 Å². The third-order valence-corrected chi connectivity index (χ3v) is 4.18. The van der Waals surface area contributed by atoms with Crippen LogP contribution in [0, 0.1) is 0 Å². The fraction of sp³-hybridized carbons (Fsp3) is 0.167. The van der Waals surface area contributed by atoms with Crippen LogP contribution in [0.15, 0.2) is 48.8 Å². The normalized spacial score (nSPS) is 16.9. The minimum atomic E-state index is -0.294. The fourth-order valence-corrected chi connectivity index (χ4v) is 3.27. The molecule has 0 spiro atoms. The molecule has 0 saturated carbocycles. The summed E-state index contributed by atoms with van der Waals surface area (Å²) in [5.41, 5.74) is 2.38. The standard InChI is InChI=1S/C18H14N2O3/c1-11(21)20-15-7-3-2-6-13(15)18-17(20)14(9-16(22)23-18)12-5-4-8-19-10-12/h2-8,10,14H,9H2,1H3. The van der Waals surface area contributed by atoms with Crippen molar-refractivity contribution in [2.75, 3.05) is 0 Å². The number of esters is 1. The summed E-state index contributed by atoms with van der Waals surface area (Å²) in [4.78, 5) is 28.5. The average Bonchev–Trinajstić information content (AvgIpc) is 2.89. The second kappa shape index (κ2) is 5.05.